The van der Waals surface area contributed by atoms with Crippen molar-refractivity contribution in [3.05, 3.63) is 18.3 Å². The molecule has 186 valence electrons. The molecule has 16 heteroatoms. The molecule has 3 saturated heterocycles. The molecule has 0 spiro atoms. The van der Waals surface area contributed by atoms with E-state index in [1.807, 2.05) is 16.6 Å². The van der Waals surface area contributed by atoms with Crippen molar-refractivity contribution in [1.82, 2.24) is 33.8 Å². The van der Waals surface area contributed by atoms with Crippen molar-refractivity contribution >= 4 is 32.7 Å². The average molecular weight is 519 g/mol. The largest absolute Gasteiger partial charge is 0.383 e. The van der Waals surface area contributed by atoms with Gasteiger partial charge in [0.1, 0.15) is 5.52 Å². The molecular formula is C17H25F6N7OP2. The number of amides is 1. The monoisotopic (exact) mass is 519 g/mol. The number of pyridine rings is 1. The fourth-order valence-corrected chi connectivity index (χ4v) is 9.27. The quantitative estimate of drug-likeness (QED) is 0.390. The average Bonchev–Trinajstić information content (AvgIpc) is 3.50. The zero-order valence-electron chi connectivity index (χ0n) is 17.7. The van der Waals surface area contributed by atoms with Crippen LogP contribution in [-0.2, 0) is 4.79 Å². The van der Waals surface area contributed by atoms with E-state index >= 15 is 0 Å². The van der Waals surface area contributed by atoms with Gasteiger partial charge in [-0.1, -0.05) is 0 Å². The first-order chi connectivity index (χ1) is 15.3. The van der Waals surface area contributed by atoms with Crippen LogP contribution in [0.3, 0.4) is 0 Å². The van der Waals surface area contributed by atoms with Crippen molar-refractivity contribution in [3.63, 3.8) is 0 Å². The standard InChI is InChI=1S/C17H25N7OP.F6P/c25-16-8-6-14-23(16)26(21-10-1-2-11-21,22-12-3-4-13-22)24-17-15(19-20-24)7-5-9-18-17;1-7(2,3,4,5)6/h5,7,9H,1-4,6,8,10-14H2;/q+1;-1. The Morgan fingerprint density at radius 1 is 0.848 bits per heavy atom. The Morgan fingerprint density at radius 3 is 1.88 bits per heavy atom. The summed E-state index contributed by atoms with van der Waals surface area (Å²) in [7, 11) is -13.0. The topological polar surface area (TPSA) is 70.4 Å². The third kappa shape index (κ3) is 5.55. The van der Waals surface area contributed by atoms with Crippen LogP contribution in [0.1, 0.15) is 38.5 Å². The molecule has 0 saturated carbocycles. The number of aromatic nitrogens is 4. The van der Waals surface area contributed by atoms with E-state index in [1.165, 1.54) is 25.7 Å². The molecule has 0 bridgehead atoms. The van der Waals surface area contributed by atoms with Gasteiger partial charge in [0.15, 0.2) is 0 Å². The van der Waals surface area contributed by atoms with Crippen molar-refractivity contribution in [2.24, 2.45) is 0 Å². The van der Waals surface area contributed by atoms with Gasteiger partial charge in [0.2, 0.25) is 5.65 Å². The molecule has 2 aromatic heterocycles. The Balaban J connectivity index is 0.000000325. The fourth-order valence-electron chi connectivity index (χ4n) is 4.62. The van der Waals surface area contributed by atoms with E-state index < -0.39 is 15.7 Å². The molecule has 0 atom stereocenters. The zero-order valence-corrected chi connectivity index (χ0v) is 19.5. The number of rotatable bonds is 4. The third-order valence-electron chi connectivity index (χ3n) is 5.74. The van der Waals surface area contributed by atoms with Crippen LogP contribution in [0.2, 0.25) is 0 Å². The minimum Gasteiger partial charge on any atom is -0.271 e. The number of carbonyl (C=O) groups is 1. The van der Waals surface area contributed by atoms with Gasteiger partial charge in [0, 0.05) is 38.8 Å². The van der Waals surface area contributed by atoms with E-state index in [-0.39, 0.29) is 5.91 Å². The van der Waals surface area contributed by atoms with Gasteiger partial charge in [-0.05, 0) is 53.9 Å². The maximum atomic E-state index is 13.0. The van der Waals surface area contributed by atoms with Gasteiger partial charge in [-0.2, -0.15) is 4.67 Å². The minimum atomic E-state index is -10.7. The van der Waals surface area contributed by atoms with Crippen LogP contribution in [0, 0.1) is 0 Å². The Hall–Kier alpha value is -1.62. The van der Waals surface area contributed by atoms with Crippen molar-refractivity contribution in [1.29, 1.82) is 0 Å². The van der Waals surface area contributed by atoms with Crippen molar-refractivity contribution in [3.8, 4) is 0 Å². The molecule has 1 amide bonds. The number of fused-ring (bicyclic) bond motifs is 1. The van der Waals surface area contributed by atoms with Crippen molar-refractivity contribution < 1.29 is 30.0 Å². The predicted octanol–water partition coefficient (Wildman–Crippen LogP) is 5.55. The van der Waals surface area contributed by atoms with E-state index in [0.29, 0.717) is 6.42 Å². The van der Waals surface area contributed by atoms with Gasteiger partial charge in [-0.15, -0.1) is 14.4 Å². The van der Waals surface area contributed by atoms with Gasteiger partial charge >= 0.3 is 40.9 Å². The van der Waals surface area contributed by atoms with Gasteiger partial charge in [0.05, 0.1) is 6.54 Å². The molecule has 0 N–H and O–H groups in total. The van der Waals surface area contributed by atoms with Crippen molar-refractivity contribution in [2.45, 2.75) is 38.5 Å². The molecule has 5 heterocycles. The summed E-state index contributed by atoms with van der Waals surface area (Å²) in [5, 5.41) is 9.02. The van der Waals surface area contributed by atoms with Crippen LogP contribution in [0.5, 0.6) is 0 Å². The maximum Gasteiger partial charge on any atom is 0.383 e. The molecule has 0 aromatic carbocycles. The zero-order chi connectivity index (χ0) is 24.0. The smallest absolute Gasteiger partial charge is 0.271 e. The molecule has 0 aliphatic carbocycles. The summed E-state index contributed by atoms with van der Waals surface area (Å²) >= 11 is 0. The van der Waals surface area contributed by atoms with Crippen LogP contribution in [-0.4, -0.2) is 72.4 Å². The molecule has 0 radical (unpaired) electrons. The van der Waals surface area contributed by atoms with E-state index in [2.05, 4.69) is 29.3 Å². The van der Waals surface area contributed by atoms with E-state index in [1.54, 1.807) is 6.20 Å². The SMILES string of the molecule is F[P-](F)(F)(F)(F)F.O=C1CCCN1[P+](N1CCCC1)(N1CCCC1)n1nnc2cccnc21. The maximum absolute atomic E-state index is 13.0. The number of hydrogen-bond acceptors (Lipinski definition) is 6. The first kappa shape index (κ1) is 24.5. The predicted molar refractivity (Wildman–Crippen MR) is 114 cm³/mol. The van der Waals surface area contributed by atoms with Gasteiger partial charge in [-0.25, -0.2) is 4.98 Å². The van der Waals surface area contributed by atoms with Crippen LogP contribution in [0.25, 0.3) is 11.2 Å². The minimum absolute atomic E-state index is 0.261. The molecule has 2 aromatic rings. The number of hydrogen-bond donors (Lipinski definition) is 0. The fraction of sp³-hybridized carbons (Fsp3) is 0.647. The van der Waals surface area contributed by atoms with Crippen LogP contribution < -0.4 is 0 Å². The summed E-state index contributed by atoms with van der Waals surface area (Å²) in [5.74, 6) is 0.261. The second-order valence-electron chi connectivity index (χ2n) is 8.26. The summed E-state index contributed by atoms with van der Waals surface area (Å²) in [5.41, 5.74) is 1.61. The Kier molecular flexibility index (Phi) is 5.91. The first-order valence-electron chi connectivity index (χ1n) is 10.7. The third-order valence-corrected chi connectivity index (χ3v) is 9.91. The Morgan fingerprint density at radius 2 is 1.39 bits per heavy atom. The number of halogens is 6. The summed E-state index contributed by atoms with van der Waals surface area (Å²) in [4.78, 5) is 17.6. The van der Waals surface area contributed by atoms with Crippen LogP contribution in [0.15, 0.2) is 18.3 Å². The number of nitrogens with zero attached hydrogens (tertiary/aromatic N) is 7. The molecule has 3 aliphatic heterocycles. The van der Waals surface area contributed by atoms with Crippen LogP contribution in [0.4, 0.5) is 25.2 Å². The van der Waals surface area contributed by atoms with Gasteiger partial charge < -0.3 is 0 Å². The van der Waals surface area contributed by atoms with Gasteiger partial charge in [0.25, 0.3) is 5.91 Å². The first-order valence-corrected chi connectivity index (χ1v) is 14.3. The summed E-state index contributed by atoms with van der Waals surface area (Å²) < 4.78 is 68.5. The summed E-state index contributed by atoms with van der Waals surface area (Å²) in [6.07, 6.45) is 8.09. The van der Waals surface area contributed by atoms with Crippen LogP contribution >= 0.6 is 15.7 Å². The Bertz CT molecular complexity index is 995. The second-order valence-corrected chi connectivity index (χ2v) is 13.2. The van der Waals surface area contributed by atoms with E-state index in [4.69, 9.17) is 0 Å². The molecule has 3 fully saturated rings. The molecular weight excluding hydrogens is 494 g/mol. The second kappa shape index (κ2) is 7.96. The summed E-state index contributed by atoms with van der Waals surface area (Å²) in [6.45, 7) is 4.88. The Labute approximate surface area is 186 Å². The molecule has 8 nitrogen and oxygen atoms in total. The normalized spacial score (nSPS) is 23.0. The van der Waals surface area contributed by atoms with Crippen molar-refractivity contribution in [2.75, 3.05) is 32.7 Å². The molecule has 33 heavy (non-hydrogen) atoms. The summed E-state index contributed by atoms with van der Waals surface area (Å²) in [6, 6.07) is 3.86. The molecule has 3 aliphatic rings. The van der Waals surface area contributed by atoms with E-state index in [9.17, 15) is 30.0 Å². The molecule has 5 rings (SSSR count). The van der Waals surface area contributed by atoms with E-state index in [0.717, 1.165) is 50.3 Å². The van der Waals surface area contributed by atoms with Gasteiger partial charge in [-0.3, -0.25) is 4.79 Å². The number of carbonyl (C=O) groups excluding carboxylic acids is 1. The molecule has 0 unspecified atom stereocenters.